The largest absolute Gasteiger partial charge is 0.310 e. The van der Waals surface area contributed by atoms with Crippen LogP contribution in [0.5, 0.6) is 0 Å². The van der Waals surface area contributed by atoms with E-state index in [4.69, 9.17) is 0 Å². The molecule has 0 saturated heterocycles. The standard InChI is InChI=1S/C15H20BrNS/c1-3-6-14(17-9-4-2)12-10-18-15-11(12)7-5-8-13(15)16/h5,7-8,10,14,17H,3-4,6,9H2,1-2H3. The molecule has 1 unspecified atom stereocenters. The molecule has 1 N–H and O–H groups in total. The minimum Gasteiger partial charge on any atom is -0.310 e. The Morgan fingerprint density at radius 1 is 1.28 bits per heavy atom. The Hall–Kier alpha value is -0.380. The van der Waals surface area contributed by atoms with Crippen molar-refractivity contribution in [2.24, 2.45) is 0 Å². The Kier molecular flexibility index (Phi) is 5.22. The lowest BCUT2D eigenvalue weighted by Crippen LogP contribution is -2.21. The average molecular weight is 326 g/mol. The van der Waals surface area contributed by atoms with Gasteiger partial charge in [0.15, 0.2) is 0 Å². The third kappa shape index (κ3) is 2.95. The summed E-state index contributed by atoms with van der Waals surface area (Å²) in [6, 6.07) is 6.99. The lowest BCUT2D eigenvalue weighted by Gasteiger charge is -2.17. The predicted octanol–water partition coefficient (Wildman–Crippen LogP) is 5.50. The van der Waals surface area contributed by atoms with Crippen molar-refractivity contribution in [3.05, 3.63) is 33.6 Å². The van der Waals surface area contributed by atoms with Gasteiger partial charge in [-0.2, -0.15) is 0 Å². The minimum absolute atomic E-state index is 0.498. The van der Waals surface area contributed by atoms with Gasteiger partial charge in [-0.3, -0.25) is 0 Å². The molecule has 2 aromatic rings. The van der Waals surface area contributed by atoms with Gasteiger partial charge in [0.2, 0.25) is 0 Å². The van der Waals surface area contributed by atoms with Crippen molar-refractivity contribution in [3.8, 4) is 0 Å². The van der Waals surface area contributed by atoms with Gasteiger partial charge in [-0.15, -0.1) is 11.3 Å². The van der Waals surface area contributed by atoms with Crippen LogP contribution >= 0.6 is 27.3 Å². The molecule has 1 heterocycles. The van der Waals surface area contributed by atoms with Gasteiger partial charge in [0.1, 0.15) is 0 Å². The molecule has 0 aliphatic rings. The smallest absolute Gasteiger partial charge is 0.0488 e. The van der Waals surface area contributed by atoms with Gasteiger partial charge in [-0.1, -0.05) is 32.4 Å². The monoisotopic (exact) mass is 325 g/mol. The van der Waals surface area contributed by atoms with E-state index in [1.54, 1.807) is 0 Å². The van der Waals surface area contributed by atoms with E-state index >= 15 is 0 Å². The lowest BCUT2D eigenvalue weighted by molar-refractivity contribution is 0.497. The molecule has 18 heavy (non-hydrogen) atoms. The highest BCUT2D eigenvalue weighted by Gasteiger charge is 2.15. The van der Waals surface area contributed by atoms with Crippen molar-refractivity contribution in [1.82, 2.24) is 5.32 Å². The molecule has 1 atom stereocenters. The normalized spacial score (nSPS) is 13.1. The van der Waals surface area contributed by atoms with Crippen molar-refractivity contribution >= 4 is 37.4 Å². The first-order valence-electron chi connectivity index (χ1n) is 6.66. The van der Waals surface area contributed by atoms with Gasteiger partial charge >= 0.3 is 0 Å². The summed E-state index contributed by atoms with van der Waals surface area (Å²) in [5.41, 5.74) is 1.46. The fourth-order valence-corrected chi connectivity index (χ4v) is 3.96. The van der Waals surface area contributed by atoms with Gasteiger partial charge < -0.3 is 5.32 Å². The Morgan fingerprint density at radius 2 is 2.11 bits per heavy atom. The zero-order chi connectivity index (χ0) is 13.0. The van der Waals surface area contributed by atoms with Crippen LogP contribution in [0.15, 0.2) is 28.1 Å². The van der Waals surface area contributed by atoms with Crippen LogP contribution in [0.3, 0.4) is 0 Å². The quantitative estimate of drug-likeness (QED) is 0.738. The fourth-order valence-electron chi connectivity index (χ4n) is 2.29. The van der Waals surface area contributed by atoms with Gasteiger partial charge in [-0.25, -0.2) is 0 Å². The lowest BCUT2D eigenvalue weighted by atomic mass is 10.0. The van der Waals surface area contributed by atoms with Gasteiger partial charge in [-0.05, 0) is 57.7 Å². The average Bonchev–Trinajstić information content (AvgIpc) is 2.80. The summed E-state index contributed by atoms with van der Waals surface area (Å²) >= 11 is 5.48. The molecule has 0 amide bonds. The molecule has 0 radical (unpaired) electrons. The zero-order valence-electron chi connectivity index (χ0n) is 11.0. The molecule has 0 saturated carbocycles. The van der Waals surface area contributed by atoms with Crippen LogP contribution in [0.2, 0.25) is 0 Å². The van der Waals surface area contributed by atoms with E-state index in [0.717, 1.165) is 6.54 Å². The second kappa shape index (κ2) is 6.69. The molecule has 0 fully saturated rings. The van der Waals surface area contributed by atoms with Crippen molar-refractivity contribution < 1.29 is 0 Å². The summed E-state index contributed by atoms with van der Waals surface area (Å²) in [7, 11) is 0. The highest BCUT2D eigenvalue weighted by molar-refractivity contribution is 9.10. The van der Waals surface area contributed by atoms with Gasteiger partial charge in [0, 0.05) is 15.2 Å². The minimum atomic E-state index is 0.498. The van der Waals surface area contributed by atoms with E-state index in [9.17, 15) is 0 Å². The number of hydrogen-bond donors (Lipinski definition) is 1. The SMILES string of the molecule is CCCNC(CCC)c1csc2c(Br)cccc12. The van der Waals surface area contributed by atoms with Crippen molar-refractivity contribution in [2.75, 3.05) is 6.54 Å². The third-order valence-corrected chi connectivity index (χ3v) is 5.15. The van der Waals surface area contributed by atoms with Gasteiger partial charge in [0.25, 0.3) is 0 Å². The van der Waals surface area contributed by atoms with E-state index in [-0.39, 0.29) is 0 Å². The molecule has 3 heteroatoms. The van der Waals surface area contributed by atoms with E-state index < -0.39 is 0 Å². The number of benzene rings is 1. The summed E-state index contributed by atoms with van der Waals surface area (Å²) in [6.45, 7) is 5.57. The van der Waals surface area contributed by atoms with Gasteiger partial charge in [0.05, 0.1) is 0 Å². The highest BCUT2D eigenvalue weighted by atomic mass is 79.9. The van der Waals surface area contributed by atoms with Crippen LogP contribution in [-0.4, -0.2) is 6.54 Å². The summed E-state index contributed by atoms with van der Waals surface area (Å²) in [5.74, 6) is 0. The second-order valence-corrected chi connectivity index (χ2v) is 6.34. The van der Waals surface area contributed by atoms with Crippen LogP contribution in [0.1, 0.15) is 44.7 Å². The highest BCUT2D eigenvalue weighted by Crippen LogP contribution is 2.36. The predicted molar refractivity (Wildman–Crippen MR) is 85.5 cm³/mol. The van der Waals surface area contributed by atoms with E-state index in [1.165, 1.54) is 39.4 Å². The number of nitrogens with one attached hydrogen (secondary N) is 1. The Bertz CT molecular complexity index is 506. The summed E-state index contributed by atoms with van der Waals surface area (Å²) in [5, 5.41) is 7.39. The van der Waals surface area contributed by atoms with Crippen LogP contribution in [0.4, 0.5) is 0 Å². The van der Waals surface area contributed by atoms with Crippen molar-refractivity contribution in [1.29, 1.82) is 0 Å². The maximum Gasteiger partial charge on any atom is 0.0488 e. The Balaban J connectivity index is 2.34. The summed E-state index contributed by atoms with van der Waals surface area (Å²) in [6.07, 6.45) is 3.61. The molecule has 1 aromatic carbocycles. The van der Waals surface area contributed by atoms with Crippen LogP contribution < -0.4 is 5.32 Å². The number of thiophene rings is 1. The second-order valence-electron chi connectivity index (χ2n) is 4.60. The molecule has 2 rings (SSSR count). The maximum absolute atomic E-state index is 3.68. The molecular weight excluding hydrogens is 306 g/mol. The van der Waals surface area contributed by atoms with Crippen LogP contribution in [-0.2, 0) is 0 Å². The fraction of sp³-hybridized carbons (Fsp3) is 0.467. The third-order valence-electron chi connectivity index (χ3n) is 3.18. The first-order chi connectivity index (χ1) is 8.77. The van der Waals surface area contributed by atoms with Crippen molar-refractivity contribution in [2.45, 2.75) is 39.2 Å². The molecule has 98 valence electrons. The van der Waals surface area contributed by atoms with Crippen LogP contribution in [0, 0.1) is 0 Å². The maximum atomic E-state index is 3.68. The summed E-state index contributed by atoms with van der Waals surface area (Å²) in [4.78, 5) is 0. The molecule has 1 aromatic heterocycles. The summed E-state index contributed by atoms with van der Waals surface area (Å²) < 4.78 is 2.58. The van der Waals surface area contributed by atoms with E-state index in [2.05, 4.69) is 58.7 Å². The topological polar surface area (TPSA) is 12.0 Å². The van der Waals surface area contributed by atoms with E-state index in [0.29, 0.717) is 6.04 Å². The van der Waals surface area contributed by atoms with Crippen LogP contribution in [0.25, 0.3) is 10.1 Å². The van der Waals surface area contributed by atoms with Crippen molar-refractivity contribution in [3.63, 3.8) is 0 Å². The van der Waals surface area contributed by atoms with E-state index in [1.807, 2.05) is 11.3 Å². The molecule has 1 nitrogen and oxygen atoms in total. The number of fused-ring (bicyclic) bond motifs is 1. The number of halogens is 1. The Morgan fingerprint density at radius 3 is 2.83 bits per heavy atom. The molecular formula is C15H20BrNS. The Labute approximate surface area is 122 Å². The number of hydrogen-bond acceptors (Lipinski definition) is 2. The first kappa shape index (κ1) is 14.0. The zero-order valence-corrected chi connectivity index (χ0v) is 13.4. The molecule has 0 bridgehead atoms. The first-order valence-corrected chi connectivity index (χ1v) is 8.34. The number of rotatable bonds is 6. The molecule has 0 aliphatic heterocycles. The molecule has 0 spiro atoms. The molecule has 0 aliphatic carbocycles.